The lowest BCUT2D eigenvalue weighted by Crippen LogP contribution is -2.04. The molecule has 7 heteroatoms. The van der Waals surface area contributed by atoms with Crippen LogP contribution in [0.5, 0.6) is 5.75 Å². The number of methoxy groups -OCH3 is 2. The van der Waals surface area contributed by atoms with Gasteiger partial charge in [0.25, 0.3) is 0 Å². The van der Waals surface area contributed by atoms with Crippen molar-refractivity contribution in [2.75, 3.05) is 14.2 Å². The van der Waals surface area contributed by atoms with E-state index in [-0.39, 0.29) is 17.0 Å². The molecule has 2 aromatic rings. The summed E-state index contributed by atoms with van der Waals surface area (Å²) in [5.74, 6) is -0.391. The number of carbonyl (C=O) groups is 1. The summed E-state index contributed by atoms with van der Waals surface area (Å²) in [6.45, 7) is 0. The van der Waals surface area contributed by atoms with Crippen LogP contribution in [0.1, 0.15) is 10.4 Å². The Balaban J connectivity index is 2.60. The normalized spacial score (nSPS) is 10.0. The van der Waals surface area contributed by atoms with E-state index in [0.29, 0.717) is 11.1 Å². The van der Waals surface area contributed by atoms with Crippen LogP contribution >= 0.6 is 0 Å². The first-order valence-electron chi connectivity index (χ1n) is 5.93. The van der Waals surface area contributed by atoms with Crippen molar-refractivity contribution in [3.63, 3.8) is 0 Å². The van der Waals surface area contributed by atoms with Gasteiger partial charge in [0, 0.05) is 24.0 Å². The molecule has 0 radical (unpaired) electrons. The first-order chi connectivity index (χ1) is 10.1. The molecule has 1 heterocycles. The number of hydrogen-bond acceptors (Lipinski definition) is 6. The molecule has 1 aromatic heterocycles. The second-order valence-corrected chi connectivity index (χ2v) is 4.06. The molecule has 7 nitrogen and oxygen atoms in total. The molecule has 0 saturated carbocycles. The first kappa shape index (κ1) is 14.4. The fourth-order valence-electron chi connectivity index (χ4n) is 1.91. The highest BCUT2D eigenvalue weighted by molar-refractivity contribution is 5.97. The minimum Gasteiger partial charge on any atom is -0.490 e. The number of carbonyl (C=O) groups excluding carboxylic acids is 1. The quantitative estimate of drug-likeness (QED) is 0.487. The molecular weight excluding hydrogens is 276 g/mol. The number of benzene rings is 1. The minimum atomic E-state index is -0.545. The molecule has 108 valence electrons. The van der Waals surface area contributed by atoms with Gasteiger partial charge in [-0.25, -0.2) is 4.79 Å². The van der Waals surface area contributed by atoms with E-state index in [1.807, 2.05) is 0 Å². The van der Waals surface area contributed by atoms with Crippen LogP contribution in [-0.4, -0.2) is 30.1 Å². The van der Waals surface area contributed by atoms with Crippen molar-refractivity contribution in [3.8, 4) is 16.9 Å². The third kappa shape index (κ3) is 2.81. The number of nitrogens with zero attached hydrogens (tertiary/aromatic N) is 2. The Hall–Kier alpha value is -2.96. The molecule has 0 N–H and O–H groups in total. The van der Waals surface area contributed by atoms with Crippen molar-refractivity contribution < 1.29 is 19.2 Å². The van der Waals surface area contributed by atoms with Crippen LogP contribution in [0.25, 0.3) is 11.1 Å². The van der Waals surface area contributed by atoms with Gasteiger partial charge in [-0.1, -0.05) is 6.07 Å². The molecule has 0 aliphatic heterocycles. The Bertz CT molecular complexity index is 700. The Morgan fingerprint density at radius 2 is 2.05 bits per heavy atom. The molecule has 0 bridgehead atoms. The maximum absolute atomic E-state index is 11.7. The highest BCUT2D eigenvalue weighted by Crippen LogP contribution is 2.33. The number of esters is 1. The van der Waals surface area contributed by atoms with Crippen LogP contribution in [0.3, 0.4) is 0 Å². The Kier molecular flexibility index (Phi) is 4.13. The van der Waals surface area contributed by atoms with E-state index in [4.69, 9.17) is 9.47 Å². The van der Waals surface area contributed by atoms with Crippen LogP contribution in [0.4, 0.5) is 5.69 Å². The van der Waals surface area contributed by atoms with Gasteiger partial charge >= 0.3 is 11.7 Å². The van der Waals surface area contributed by atoms with Crippen molar-refractivity contribution in [1.82, 2.24) is 4.98 Å². The molecule has 0 aliphatic rings. The Labute approximate surface area is 120 Å². The molecule has 0 unspecified atom stereocenters. The largest absolute Gasteiger partial charge is 0.490 e. The van der Waals surface area contributed by atoms with Crippen molar-refractivity contribution in [1.29, 1.82) is 0 Å². The molecule has 0 amide bonds. The molecule has 0 saturated heterocycles. The number of nitro groups is 1. The summed E-state index contributed by atoms with van der Waals surface area (Å²) >= 11 is 0. The van der Waals surface area contributed by atoms with Crippen molar-refractivity contribution >= 4 is 11.7 Å². The smallest absolute Gasteiger partial charge is 0.338 e. The van der Waals surface area contributed by atoms with Gasteiger partial charge in [-0.05, 0) is 17.7 Å². The third-order valence-corrected chi connectivity index (χ3v) is 2.91. The van der Waals surface area contributed by atoms with Crippen molar-refractivity contribution in [2.45, 2.75) is 0 Å². The predicted octanol–water partition coefficient (Wildman–Crippen LogP) is 2.45. The van der Waals surface area contributed by atoms with Gasteiger partial charge in [-0.15, -0.1) is 0 Å². The van der Waals surface area contributed by atoms with Gasteiger partial charge in [0.05, 0.1) is 24.7 Å². The minimum absolute atomic E-state index is 0.146. The number of nitro benzene ring substituents is 1. The fourth-order valence-corrected chi connectivity index (χ4v) is 1.91. The lowest BCUT2D eigenvalue weighted by Gasteiger charge is -2.08. The molecule has 2 rings (SSSR count). The molecule has 0 fully saturated rings. The number of hydrogen-bond donors (Lipinski definition) is 0. The van der Waals surface area contributed by atoms with Gasteiger partial charge < -0.3 is 9.47 Å². The highest BCUT2D eigenvalue weighted by atomic mass is 16.6. The van der Waals surface area contributed by atoms with E-state index >= 15 is 0 Å². The topological polar surface area (TPSA) is 91.6 Å². The summed E-state index contributed by atoms with van der Waals surface area (Å²) in [4.78, 5) is 26.2. The zero-order valence-corrected chi connectivity index (χ0v) is 11.4. The SMILES string of the molecule is COC(=O)c1ccncc1-c1ccc(OC)c([N+](=O)[O-])c1. The van der Waals surface area contributed by atoms with Crippen LogP contribution in [0.2, 0.25) is 0 Å². The number of ether oxygens (including phenoxy) is 2. The van der Waals surface area contributed by atoms with E-state index in [9.17, 15) is 14.9 Å². The third-order valence-electron chi connectivity index (χ3n) is 2.91. The second-order valence-electron chi connectivity index (χ2n) is 4.06. The van der Waals surface area contributed by atoms with Crippen molar-refractivity contribution in [3.05, 3.63) is 52.3 Å². The number of rotatable bonds is 4. The zero-order valence-electron chi connectivity index (χ0n) is 11.4. The molecule has 0 atom stereocenters. The van der Waals surface area contributed by atoms with Crippen LogP contribution < -0.4 is 4.74 Å². The molecule has 21 heavy (non-hydrogen) atoms. The predicted molar refractivity (Wildman–Crippen MR) is 74.2 cm³/mol. The summed E-state index contributed by atoms with van der Waals surface area (Å²) < 4.78 is 9.64. The van der Waals surface area contributed by atoms with Gasteiger partial charge in [0.15, 0.2) is 5.75 Å². The van der Waals surface area contributed by atoms with Crippen molar-refractivity contribution in [2.24, 2.45) is 0 Å². The average Bonchev–Trinajstić information content (AvgIpc) is 2.53. The highest BCUT2D eigenvalue weighted by Gasteiger charge is 2.19. The molecule has 0 spiro atoms. The van der Waals surface area contributed by atoms with E-state index < -0.39 is 10.9 Å². The maximum atomic E-state index is 11.7. The maximum Gasteiger partial charge on any atom is 0.338 e. The van der Waals surface area contributed by atoms with Gasteiger partial charge in [-0.2, -0.15) is 0 Å². The zero-order chi connectivity index (χ0) is 15.4. The van der Waals surface area contributed by atoms with Crippen LogP contribution in [0, 0.1) is 10.1 Å². The standard InChI is InChI=1S/C14H12N2O5/c1-20-13-4-3-9(7-12(13)16(18)19)11-8-15-6-5-10(11)14(17)21-2/h3-8H,1-2H3. The van der Waals surface area contributed by atoms with E-state index in [1.54, 1.807) is 6.07 Å². The van der Waals surface area contributed by atoms with E-state index in [2.05, 4.69) is 4.98 Å². The van der Waals surface area contributed by atoms with E-state index in [1.165, 1.54) is 44.8 Å². The van der Waals surface area contributed by atoms with Gasteiger partial charge in [0.1, 0.15) is 0 Å². The summed E-state index contributed by atoms with van der Waals surface area (Å²) in [5, 5.41) is 11.1. The van der Waals surface area contributed by atoms with Gasteiger partial charge in [0.2, 0.25) is 0 Å². The second kappa shape index (κ2) is 6.00. The molecule has 1 aromatic carbocycles. The van der Waals surface area contributed by atoms with Crippen LogP contribution in [-0.2, 0) is 4.74 Å². The molecular formula is C14H12N2O5. The van der Waals surface area contributed by atoms with Crippen LogP contribution in [0.15, 0.2) is 36.7 Å². The Morgan fingerprint density at radius 1 is 1.29 bits per heavy atom. The summed E-state index contributed by atoms with van der Waals surface area (Å²) in [5.41, 5.74) is 1.03. The summed E-state index contributed by atoms with van der Waals surface area (Å²) in [6.07, 6.45) is 2.91. The fraction of sp³-hybridized carbons (Fsp3) is 0.143. The Morgan fingerprint density at radius 3 is 2.67 bits per heavy atom. The lowest BCUT2D eigenvalue weighted by molar-refractivity contribution is -0.385. The van der Waals surface area contributed by atoms with Gasteiger partial charge in [-0.3, -0.25) is 15.1 Å². The lowest BCUT2D eigenvalue weighted by atomic mass is 10.0. The monoisotopic (exact) mass is 288 g/mol. The summed E-state index contributed by atoms with van der Waals surface area (Å²) in [6, 6.07) is 5.93. The molecule has 0 aliphatic carbocycles. The average molecular weight is 288 g/mol. The summed E-state index contributed by atoms with van der Waals surface area (Å²) in [7, 11) is 2.62. The number of aromatic nitrogens is 1. The van der Waals surface area contributed by atoms with E-state index in [0.717, 1.165) is 0 Å². The number of pyridine rings is 1. The first-order valence-corrected chi connectivity index (χ1v) is 5.93.